The first-order chi connectivity index (χ1) is 12.6. The zero-order valence-electron chi connectivity index (χ0n) is 14.8. The Morgan fingerprint density at radius 3 is 2.78 bits per heavy atom. The third-order valence-electron chi connectivity index (χ3n) is 4.31. The zero-order valence-corrected chi connectivity index (χ0v) is 14.8. The molecule has 0 spiro atoms. The van der Waals surface area contributed by atoms with E-state index < -0.39 is 18.6 Å². The fourth-order valence-corrected chi connectivity index (χ4v) is 3.05. The molecule has 0 unspecified atom stereocenters. The Balaban J connectivity index is 1.59. The summed E-state index contributed by atoms with van der Waals surface area (Å²) >= 11 is 0. The number of rotatable bonds is 5. The predicted octanol–water partition coefficient (Wildman–Crippen LogP) is 1.16. The Labute approximate surface area is 152 Å². The Bertz CT molecular complexity index is 857. The molecule has 1 aliphatic rings. The Hall–Kier alpha value is -2.85. The maximum atomic E-state index is 12.4. The van der Waals surface area contributed by atoms with Crippen molar-refractivity contribution in [3.63, 3.8) is 0 Å². The summed E-state index contributed by atoms with van der Waals surface area (Å²) in [6.45, 7) is 0.998. The molecule has 2 amide bonds. The van der Waals surface area contributed by atoms with Gasteiger partial charge in [-0.1, -0.05) is 0 Å². The normalized spacial score (nSPS) is 17.6. The second-order valence-corrected chi connectivity index (χ2v) is 6.54. The smallest absolute Gasteiger partial charge is 0.350 e. The number of hydrogen-bond acceptors (Lipinski definition) is 4. The number of halogens is 3. The molecule has 0 aromatic carbocycles. The summed E-state index contributed by atoms with van der Waals surface area (Å²) < 4.78 is 39.7. The van der Waals surface area contributed by atoms with E-state index in [0.29, 0.717) is 0 Å². The van der Waals surface area contributed by atoms with Crippen molar-refractivity contribution in [1.29, 1.82) is 0 Å². The van der Waals surface area contributed by atoms with Gasteiger partial charge in [-0.15, -0.1) is 0 Å². The number of aryl methyl sites for hydroxylation is 2. The highest BCUT2D eigenvalue weighted by atomic mass is 19.4. The molecule has 1 aliphatic heterocycles. The molecule has 1 atom stereocenters. The van der Waals surface area contributed by atoms with Crippen LogP contribution in [0.4, 0.5) is 18.9 Å². The molecule has 1 fully saturated rings. The number of amides is 2. The van der Waals surface area contributed by atoms with E-state index >= 15 is 0 Å². The number of hydrogen-bond donors (Lipinski definition) is 1. The van der Waals surface area contributed by atoms with Crippen LogP contribution in [0.3, 0.4) is 0 Å². The molecular formula is C16H19F3N6O2. The van der Waals surface area contributed by atoms with Crippen LogP contribution in [0.25, 0.3) is 0 Å². The second kappa shape index (κ2) is 7.05. The Kier molecular flexibility index (Phi) is 4.94. The van der Waals surface area contributed by atoms with Crippen LogP contribution in [0.15, 0.2) is 18.5 Å². The lowest BCUT2D eigenvalue weighted by molar-refractivity contribution is -0.142. The quantitative estimate of drug-likeness (QED) is 0.838. The first kappa shape index (κ1) is 18.9. The summed E-state index contributed by atoms with van der Waals surface area (Å²) in [6, 6.07) is 1.85. The first-order valence-corrected chi connectivity index (χ1v) is 8.29. The molecule has 27 heavy (non-hydrogen) atoms. The van der Waals surface area contributed by atoms with Gasteiger partial charge in [0.1, 0.15) is 6.54 Å². The minimum absolute atomic E-state index is 0.000693. The molecule has 2 aromatic rings. The van der Waals surface area contributed by atoms with Crippen LogP contribution in [-0.2, 0) is 29.7 Å². The van der Waals surface area contributed by atoms with E-state index in [1.54, 1.807) is 11.7 Å². The van der Waals surface area contributed by atoms with E-state index in [-0.39, 0.29) is 37.0 Å². The van der Waals surface area contributed by atoms with Crippen LogP contribution >= 0.6 is 0 Å². The fraction of sp³-hybridized carbons (Fsp3) is 0.500. The highest BCUT2D eigenvalue weighted by Crippen LogP contribution is 2.26. The van der Waals surface area contributed by atoms with Crippen LogP contribution in [-0.4, -0.2) is 44.1 Å². The Morgan fingerprint density at radius 1 is 1.41 bits per heavy atom. The van der Waals surface area contributed by atoms with Crippen molar-refractivity contribution in [2.45, 2.75) is 32.6 Å². The van der Waals surface area contributed by atoms with Gasteiger partial charge in [-0.3, -0.25) is 19.0 Å². The van der Waals surface area contributed by atoms with Gasteiger partial charge < -0.3 is 10.2 Å². The summed E-state index contributed by atoms with van der Waals surface area (Å²) in [7, 11) is 1.77. The van der Waals surface area contributed by atoms with Gasteiger partial charge in [-0.25, -0.2) is 0 Å². The summed E-state index contributed by atoms with van der Waals surface area (Å²) in [4.78, 5) is 25.8. The topological polar surface area (TPSA) is 85.0 Å². The fourth-order valence-electron chi connectivity index (χ4n) is 3.05. The molecule has 0 saturated carbocycles. The number of alkyl halides is 3. The van der Waals surface area contributed by atoms with Crippen molar-refractivity contribution in [2.24, 2.45) is 13.0 Å². The van der Waals surface area contributed by atoms with Crippen LogP contribution in [0.5, 0.6) is 0 Å². The average Bonchev–Trinajstić information content (AvgIpc) is 3.23. The molecule has 3 heterocycles. The van der Waals surface area contributed by atoms with Gasteiger partial charge in [0.05, 0.1) is 35.7 Å². The Morgan fingerprint density at radius 2 is 2.15 bits per heavy atom. The van der Waals surface area contributed by atoms with Crippen molar-refractivity contribution in [3.05, 3.63) is 29.8 Å². The molecule has 8 nitrogen and oxygen atoms in total. The molecule has 146 valence electrons. The van der Waals surface area contributed by atoms with Crippen LogP contribution < -0.4 is 10.2 Å². The van der Waals surface area contributed by atoms with Gasteiger partial charge in [0.2, 0.25) is 11.8 Å². The van der Waals surface area contributed by atoms with Gasteiger partial charge in [0.25, 0.3) is 0 Å². The maximum Gasteiger partial charge on any atom is 0.408 e. The summed E-state index contributed by atoms with van der Waals surface area (Å²) in [5.74, 6) is -1.18. The molecule has 0 radical (unpaired) electrons. The summed E-state index contributed by atoms with van der Waals surface area (Å²) in [5.41, 5.74) is 1.91. The van der Waals surface area contributed by atoms with E-state index in [4.69, 9.17) is 0 Å². The molecule has 0 aliphatic carbocycles. The molecule has 1 saturated heterocycles. The minimum Gasteiger partial charge on any atom is -0.350 e. The van der Waals surface area contributed by atoms with Crippen LogP contribution in [0.1, 0.15) is 17.8 Å². The van der Waals surface area contributed by atoms with E-state index in [1.165, 1.54) is 11.1 Å². The molecule has 2 aromatic heterocycles. The lowest BCUT2D eigenvalue weighted by atomic mass is 10.1. The third kappa shape index (κ3) is 4.47. The van der Waals surface area contributed by atoms with Crippen molar-refractivity contribution in [3.8, 4) is 0 Å². The van der Waals surface area contributed by atoms with Gasteiger partial charge in [-0.05, 0) is 13.0 Å². The lowest BCUT2D eigenvalue weighted by Crippen LogP contribution is -2.33. The largest absolute Gasteiger partial charge is 0.408 e. The number of nitrogens with one attached hydrogen (secondary N) is 1. The highest BCUT2D eigenvalue weighted by Gasteiger charge is 2.36. The van der Waals surface area contributed by atoms with Crippen molar-refractivity contribution < 1.29 is 22.8 Å². The number of carbonyl (C=O) groups excluding carboxylic acids is 2. The van der Waals surface area contributed by atoms with Crippen LogP contribution in [0.2, 0.25) is 0 Å². The van der Waals surface area contributed by atoms with Gasteiger partial charge in [0.15, 0.2) is 0 Å². The van der Waals surface area contributed by atoms with Gasteiger partial charge in [0, 0.05) is 26.2 Å². The molecular weight excluding hydrogens is 365 g/mol. The van der Waals surface area contributed by atoms with Gasteiger partial charge >= 0.3 is 6.18 Å². The maximum absolute atomic E-state index is 12.4. The molecule has 0 bridgehead atoms. The monoisotopic (exact) mass is 384 g/mol. The second-order valence-electron chi connectivity index (χ2n) is 6.54. The number of carbonyl (C=O) groups is 2. The van der Waals surface area contributed by atoms with Gasteiger partial charge in [-0.2, -0.15) is 23.4 Å². The summed E-state index contributed by atoms with van der Waals surface area (Å²) in [6.07, 6.45) is -2.04. The number of nitrogens with zero attached hydrogens (tertiary/aromatic N) is 5. The molecule has 11 heteroatoms. The molecule has 1 N–H and O–H groups in total. The van der Waals surface area contributed by atoms with E-state index in [1.807, 2.05) is 13.0 Å². The predicted molar refractivity (Wildman–Crippen MR) is 88.5 cm³/mol. The van der Waals surface area contributed by atoms with Crippen molar-refractivity contribution in [2.75, 3.05) is 11.4 Å². The average molecular weight is 384 g/mol. The van der Waals surface area contributed by atoms with Crippen molar-refractivity contribution in [1.82, 2.24) is 24.9 Å². The minimum atomic E-state index is -4.40. The van der Waals surface area contributed by atoms with Crippen LogP contribution in [0, 0.1) is 12.8 Å². The molecule has 3 rings (SSSR count). The third-order valence-corrected chi connectivity index (χ3v) is 4.31. The zero-order chi connectivity index (χ0) is 19.8. The number of anilines is 1. The number of aromatic nitrogens is 4. The van der Waals surface area contributed by atoms with Crippen molar-refractivity contribution >= 4 is 17.5 Å². The van der Waals surface area contributed by atoms with E-state index in [2.05, 4.69) is 15.5 Å². The summed E-state index contributed by atoms with van der Waals surface area (Å²) in [5, 5.41) is 10.6. The van der Waals surface area contributed by atoms with E-state index in [9.17, 15) is 22.8 Å². The van der Waals surface area contributed by atoms with E-state index in [0.717, 1.165) is 22.3 Å². The SMILES string of the molecule is Cc1cc(CNC(=O)[C@H]2CC(=O)N(c3cnn(CC(F)(F)F)c3)C2)n(C)n1. The lowest BCUT2D eigenvalue weighted by Gasteiger charge is -2.14. The first-order valence-electron chi connectivity index (χ1n) is 8.29. The standard InChI is InChI=1S/C16H19F3N6O2/c1-10-3-12(23(2)22-10)5-20-15(27)11-4-14(26)25(7-11)13-6-21-24(8-13)9-16(17,18)19/h3,6,8,11H,4-5,7,9H2,1-2H3,(H,20,27)/t11-/m0/s1. The highest BCUT2D eigenvalue weighted by molar-refractivity contribution is 6.00.